The van der Waals surface area contributed by atoms with E-state index in [0.717, 1.165) is 58.1 Å². The zero-order valence-corrected chi connectivity index (χ0v) is 16.0. The summed E-state index contributed by atoms with van der Waals surface area (Å²) in [6.45, 7) is 4.24. The highest BCUT2D eigenvalue weighted by molar-refractivity contribution is 5.79. The smallest absolute Gasteiger partial charge is 0.190 e. The highest BCUT2D eigenvalue weighted by Gasteiger charge is 2.42. The summed E-state index contributed by atoms with van der Waals surface area (Å²) in [5.41, 5.74) is 1.83. The van der Waals surface area contributed by atoms with Crippen molar-refractivity contribution in [2.24, 2.45) is 10.4 Å². The molecular formula is C21H33N3O2. The summed E-state index contributed by atoms with van der Waals surface area (Å²) < 4.78 is 11.3. The van der Waals surface area contributed by atoms with E-state index in [9.17, 15) is 0 Å². The minimum Gasteiger partial charge on any atom is -0.379 e. The molecule has 1 saturated carbocycles. The van der Waals surface area contributed by atoms with Crippen LogP contribution in [0.15, 0.2) is 35.3 Å². The molecule has 1 saturated heterocycles. The maximum absolute atomic E-state index is 5.70. The molecule has 3 rings (SSSR count). The lowest BCUT2D eigenvalue weighted by Gasteiger charge is -2.19. The summed E-state index contributed by atoms with van der Waals surface area (Å²) in [5, 5.41) is 6.90. The zero-order chi connectivity index (χ0) is 18.1. The van der Waals surface area contributed by atoms with Crippen LogP contribution in [0.4, 0.5) is 0 Å². The Morgan fingerprint density at radius 2 is 2.12 bits per heavy atom. The van der Waals surface area contributed by atoms with E-state index in [1.165, 1.54) is 24.8 Å². The van der Waals surface area contributed by atoms with Crippen molar-refractivity contribution in [3.05, 3.63) is 35.9 Å². The van der Waals surface area contributed by atoms with Crippen LogP contribution in [0.1, 0.15) is 37.7 Å². The van der Waals surface area contributed by atoms with Crippen molar-refractivity contribution in [3.8, 4) is 0 Å². The second kappa shape index (κ2) is 9.93. The fraction of sp³-hybridized carbons (Fsp3) is 0.667. The Morgan fingerprint density at radius 3 is 2.81 bits per heavy atom. The van der Waals surface area contributed by atoms with Crippen LogP contribution < -0.4 is 10.6 Å². The number of ether oxygens (including phenoxy) is 2. The first-order chi connectivity index (χ1) is 12.8. The average molecular weight is 360 g/mol. The Labute approximate surface area is 157 Å². The third kappa shape index (κ3) is 6.29. The maximum Gasteiger partial charge on any atom is 0.190 e. The van der Waals surface area contributed by atoms with Gasteiger partial charge in [0, 0.05) is 33.4 Å². The fourth-order valence-corrected chi connectivity index (χ4v) is 3.49. The van der Waals surface area contributed by atoms with E-state index in [0.29, 0.717) is 11.5 Å². The van der Waals surface area contributed by atoms with Gasteiger partial charge in [-0.1, -0.05) is 30.3 Å². The summed E-state index contributed by atoms with van der Waals surface area (Å²) in [6.07, 6.45) is 7.34. The highest BCUT2D eigenvalue weighted by atomic mass is 16.5. The van der Waals surface area contributed by atoms with E-state index in [2.05, 4.69) is 46.0 Å². The van der Waals surface area contributed by atoms with Gasteiger partial charge in [-0.3, -0.25) is 4.99 Å². The lowest BCUT2D eigenvalue weighted by atomic mass is 9.96. The summed E-state index contributed by atoms with van der Waals surface area (Å²) in [4.78, 5) is 4.34. The quantitative estimate of drug-likeness (QED) is 0.383. The molecule has 1 heterocycles. The predicted molar refractivity (Wildman–Crippen MR) is 106 cm³/mol. The molecule has 0 radical (unpaired) electrons. The average Bonchev–Trinajstić information content (AvgIpc) is 3.22. The Morgan fingerprint density at radius 1 is 1.27 bits per heavy atom. The van der Waals surface area contributed by atoms with Gasteiger partial charge in [0.15, 0.2) is 5.96 Å². The number of nitrogens with one attached hydrogen (secondary N) is 2. The van der Waals surface area contributed by atoms with Crippen molar-refractivity contribution in [2.75, 3.05) is 40.0 Å². The number of hydrogen-bond acceptors (Lipinski definition) is 3. The molecular weight excluding hydrogens is 326 g/mol. The standard InChI is InChI=1S/C21H33N3O2/c1-22-20(23-12-6-13-25-16-19-9-5-14-26-19)24-17-21(10-11-21)15-18-7-3-2-4-8-18/h2-4,7-8,19H,5-6,9-17H2,1H3,(H2,22,23,24). The predicted octanol–water partition coefficient (Wildman–Crippen LogP) is 2.76. The number of hydrogen-bond donors (Lipinski definition) is 2. The molecule has 26 heavy (non-hydrogen) atoms. The van der Waals surface area contributed by atoms with Crippen molar-refractivity contribution in [1.82, 2.24) is 10.6 Å². The van der Waals surface area contributed by atoms with Gasteiger partial charge in [-0.25, -0.2) is 0 Å². The first-order valence-corrected chi connectivity index (χ1v) is 9.97. The first kappa shape index (κ1) is 19.2. The van der Waals surface area contributed by atoms with Gasteiger partial charge in [-0.15, -0.1) is 0 Å². The van der Waals surface area contributed by atoms with Gasteiger partial charge in [0.1, 0.15) is 0 Å². The summed E-state index contributed by atoms with van der Waals surface area (Å²) in [6, 6.07) is 10.8. The normalized spacial score (nSPS) is 21.6. The van der Waals surface area contributed by atoms with Crippen LogP contribution in [-0.2, 0) is 15.9 Å². The monoisotopic (exact) mass is 359 g/mol. The lowest BCUT2D eigenvalue weighted by Crippen LogP contribution is -2.41. The van der Waals surface area contributed by atoms with Crippen LogP contribution in [0.25, 0.3) is 0 Å². The fourth-order valence-electron chi connectivity index (χ4n) is 3.49. The van der Waals surface area contributed by atoms with E-state index >= 15 is 0 Å². The van der Waals surface area contributed by atoms with Gasteiger partial charge in [0.2, 0.25) is 0 Å². The Kier molecular flexibility index (Phi) is 7.32. The summed E-state index contributed by atoms with van der Waals surface area (Å²) >= 11 is 0. The molecule has 5 nitrogen and oxygen atoms in total. The molecule has 0 amide bonds. The number of rotatable bonds is 10. The molecule has 0 aromatic heterocycles. The van der Waals surface area contributed by atoms with Crippen molar-refractivity contribution in [2.45, 2.75) is 44.6 Å². The van der Waals surface area contributed by atoms with Crippen LogP contribution in [0.3, 0.4) is 0 Å². The first-order valence-electron chi connectivity index (χ1n) is 9.97. The second-order valence-corrected chi connectivity index (χ2v) is 7.58. The number of guanidine groups is 1. The molecule has 2 N–H and O–H groups in total. The number of benzene rings is 1. The number of nitrogens with zero attached hydrogens (tertiary/aromatic N) is 1. The van der Waals surface area contributed by atoms with Crippen molar-refractivity contribution < 1.29 is 9.47 Å². The Bertz CT molecular complexity index is 552. The SMILES string of the molecule is CN=C(NCCCOCC1CCCO1)NCC1(Cc2ccccc2)CC1. The molecule has 2 fully saturated rings. The summed E-state index contributed by atoms with van der Waals surface area (Å²) in [7, 11) is 1.83. The molecule has 1 aromatic rings. The highest BCUT2D eigenvalue weighted by Crippen LogP contribution is 2.47. The van der Waals surface area contributed by atoms with Crippen molar-refractivity contribution in [3.63, 3.8) is 0 Å². The molecule has 1 atom stereocenters. The van der Waals surface area contributed by atoms with E-state index in [1.54, 1.807) is 0 Å². The van der Waals surface area contributed by atoms with Gasteiger partial charge in [-0.05, 0) is 49.5 Å². The molecule has 1 aromatic carbocycles. The van der Waals surface area contributed by atoms with Crippen molar-refractivity contribution >= 4 is 5.96 Å². The molecule has 1 aliphatic carbocycles. The Balaban J connectivity index is 1.27. The molecule has 0 spiro atoms. The maximum atomic E-state index is 5.70. The van der Waals surface area contributed by atoms with E-state index in [-0.39, 0.29) is 0 Å². The van der Waals surface area contributed by atoms with Crippen LogP contribution in [0, 0.1) is 5.41 Å². The van der Waals surface area contributed by atoms with Gasteiger partial charge in [-0.2, -0.15) is 0 Å². The third-order valence-corrected chi connectivity index (χ3v) is 5.32. The molecule has 2 aliphatic rings. The molecule has 5 heteroatoms. The zero-order valence-electron chi connectivity index (χ0n) is 16.0. The third-order valence-electron chi connectivity index (χ3n) is 5.32. The van der Waals surface area contributed by atoms with Crippen LogP contribution >= 0.6 is 0 Å². The summed E-state index contributed by atoms with van der Waals surface area (Å²) in [5.74, 6) is 0.892. The van der Waals surface area contributed by atoms with Crippen molar-refractivity contribution in [1.29, 1.82) is 0 Å². The van der Waals surface area contributed by atoms with E-state index < -0.39 is 0 Å². The van der Waals surface area contributed by atoms with Gasteiger partial charge < -0.3 is 20.1 Å². The lowest BCUT2D eigenvalue weighted by molar-refractivity contribution is 0.0168. The molecule has 144 valence electrons. The topological polar surface area (TPSA) is 54.9 Å². The minimum atomic E-state index is 0.316. The largest absolute Gasteiger partial charge is 0.379 e. The molecule has 0 bridgehead atoms. The van der Waals surface area contributed by atoms with Gasteiger partial charge in [0.05, 0.1) is 12.7 Å². The second-order valence-electron chi connectivity index (χ2n) is 7.58. The van der Waals surface area contributed by atoms with E-state index in [1.807, 2.05) is 7.05 Å². The van der Waals surface area contributed by atoms with Crippen LogP contribution in [0.5, 0.6) is 0 Å². The Hall–Kier alpha value is -1.59. The van der Waals surface area contributed by atoms with E-state index in [4.69, 9.17) is 9.47 Å². The molecule has 1 aliphatic heterocycles. The molecule has 1 unspecified atom stereocenters. The van der Waals surface area contributed by atoms with Gasteiger partial charge in [0.25, 0.3) is 0 Å². The minimum absolute atomic E-state index is 0.316. The van der Waals surface area contributed by atoms with Crippen LogP contribution in [0.2, 0.25) is 0 Å². The number of aliphatic imine (C=N–C) groups is 1. The van der Waals surface area contributed by atoms with Crippen LogP contribution in [-0.4, -0.2) is 52.0 Å². The van der Waals surface area contributed by atoms with Gasteiger partial charge >= 0.3 is 0 Å².